The first-order valence-electron chi connectivity index (χ1n) is 3.96. The van der Waals surface area contributed by atoms with E-state index in [1.54, 1.807) is 6.92 Å². The third kappa shape index (κ3) is 4.90. The van der Waals surface area contributed by atoms with Crippen LogP contribution in [0, 0.1) is 11.8 Å². The predicted octanol–water partition coefficient (Wildman–Crippen LogP) is 2.39. The van der Waals surface area contributed by atoms with Crippen LogP contribution in [0.25, 0.3) is 0 Å². The Bertz CT molecular complexity index is 207. The maximum atomic E-state index is 5.37. The van der Waals surface area contributed by atoms with E-state index in [-0.39, 0.29) is 0 Å². The van der Waals surface area contributed by atoms with Crippen LogP contribution in [0.5, 0.6) is 0 Å². The summed E-state index contributed by atoms with van der Waals surface area (Å²) in [6.07, 6.45) is 0.556. The van der Waals surface area contributed by atoms with E-state index in [0.29, 0.717) is 19.4 Å². The van der Waals surface area contributed by atoms with E-state index >= 15 is 0 Å². The van der Waals surface area contributed by atoms with Crippen molar-refractivity contribution in [1.29, 1.82) is 0 Å². The maximum absolute atomic E-state index is 5.37. The molecular formula is C8H15O2PS. The second-order valence-electron chi connectivity index (χ2n) is 2.03. The fourth-order valence-corrected chi connectivity index (χ4v) is 2.92. The van der Waals surface area contributed by atoms with Crippen molar-refractivity contribution < 1.29 is 9.05 Å². The molecule has 0 N–H and O–H groups in total. The van der Waals surface area contributed by atoms with Crippen LogP contribution in [0.1, 0.15) is 20.8 Å². The fraction of sp³-hybridized carbons (Fsp3) is 0.750. The van der Waals surface area contributed by atoms with Crippen molar-refractivity contribution in [3.05, 3.63) is 0 Å². The molecule has 0 unspecified atom stereocenters. The first-order chi connectivity index (χ1) is 5.68. The lowest BCUT2D eigenvalue weighted by Gasteiger charge is -2.17. The normalized spacial score (nSPS) is 10.6. The Morgan fingerprint density at radius 2 is 1.75 bits per heavy atom. The molecule has 0 aromatic rings. The summed E-state index contributed by atoms with van der Waals surface area (Å²) >= 11 is 5.23. The van der Waals surface area contributed by atoms with Crippen LogP contribution in [-0.2, 0) is 20.9 Å². The van der Waals surface area contributed by atoms with Gasteiger partial charge < -0.3 is 9.05 Å². The Balaban J connectivity index is 4.14. The van der Waals surface area contributed by atoms with E-state index in [2.05, 4.69) is 11.8 Å². The first kappa shape index (κ1) is 12.1. The third-order valence-electron chi connectivity index (χ3n) is 1.10. The van der Waals surface area contributed by atoms with Crippen molar-refractivity contribution in [2.45, 2.75) is 20.8 Å². The topological polar surface area (TPSA) is 18.5 Å². The highest BCUT2D eigenvalue weighted by molar-refractivity contribution is 8.10. The molecule has 0 aromatic heterocycles. The number of hydrogen-bond acceptors (Lipinski definition) is 3. The Morgan fingerprint density at radius 3 is 2.08 bits per heavy atom. The summed E-state index contributed by atoms with van der Waals surface area (Å²) in [5, 5.41) is 0. The molecule has 0 fully saturated rings. The van der Waals surface area contributed by atoms with Crippen molar-refractivity contribution in [3.63, 3.8) is 0 Å². The van der Waals surface area contributed by atoms with Gasteiger partial charge >= 0.3 is 0 Å². The summed E-state index contributed by atoms with van der Waals surface area (Å²) in [4.78, 5) is 0. The molecule has 0 aliphatic rings. The van der Waals surface area contributed by atoms with Gasteiger partial charge in [-0.3, -0.25) is 0 Å². The zero-order valence-corrected chi connectivity index (χ0v) is 9.50. The van der Waals surface area contributed by atoms with E-state index in [0.717, 1.165) is 0 Å². The lowest BCUT2D eigenvalue weighted by molar-refractivity contribution is 0.269. The molecule has 0 saturated heterocycles. The van der Waals surface area contributed by atoms with E-state index in [4.69, 9.17) is 20.9 Å². The Hall–Kier alpha value is 0.130. The van der Waals surface area contributed by atoms with E-state index in [1.165, 1.54) is 0 Å². The molecule has 0 radical (unpaired) electrons. The van der Waals surface area contributed by atoms with E-state index in [9.17, 15) is 0 Å². The molecule has 0 bridgehead atoms. The molecule has 2 nitrogen and oxygen atoms in total. The smallest absolute Gasteiger partial charge is 0.200 e. The van der Waals surface area contributed by atoms with Crippen molar-refractivity contribution in [2.24, 2.45) is 0 Å². The van der Waals surface area contributed by atoms with Crippen LogP contribution < -0.4 is 0 Å². The Labute approximate surface area is 79.8 Å². The van der Waals surface area contributed by atoms with Gasteiger partial charge in [-0.1, -0.05) is 5.92 Å². The van der Waals surface area contributed by atoms with Gasteiger partial charge in [0.2, 0.25) is 6.49 Å². The minimum Gasteiger partial charge on any atom is -0.329 e. The summed E-state index contributed by atoms with van der Waals surface area (Å²) in [6, 6.07) is 0. The van der Waals surface area contributed by atoms with Crippen LogP contribution in [0.4, 0.5) is 0 Å². The fourth-order valence-electron chi connectivity index (χ4n) is 0.698. The van der Waals surface area contributed by atoms with Crippen LogP contribution in [-0.4, -0.2) is 19.4 Å². The van der Waals surface area contributed by atoms with Gasteiger partial charge in [0.25, 0.3) is 0 Å². The molecule has 70 valence electrons. The van der Waals surface area contributed by atoms with Crippen molar-refractivity contribution >= 4 is 18.3 Å². The molecule has 0 aromatic carbocycles. The van der Waals surface area contributed by atoms with Crippen molar-refractivity contribution in [3.8, 4) is 11.8 Å². The van der Waals surface area contributed by atoms with Crippen molar-refractivity contribution in [2.75, 3.05) is 19.4 Å². The van der Waals surface area contributed by atoms with Crippen LogP contribution >= 0.6 is 6.49 Å². The number of hydrogen-bond donors (Lipinski definition) is 0. The van der Waals surface area contributed by atoms with Gasteiger partial charge in [-0.15, -0.1) is 5.92 Å². The van der Waals surface area contributed by atoms with Crippen LogP contribution in [0.15, 0.2) is 0 Å². The van der Waals surface area contributed by atoms with Gasteiger partial charge in [0.1, 0.15) is 0 Å². The molecule has 0 atom stereocenters. The average molecular weight is 206 g/mol. The van der Waals surface area contributed by atoms with Gasteiger partial charge in [0.15, 0.2) is 0 Å². The first-order valence-corrected chi connectivity index (χ1v) is 6.78. The molecular weight excluding hydrogens is 191 g/mol. The highest BCUT2D eigenvalue weighted by Gasteiger charge is 2.15. The molecule has 0 amide bonds. The summed E-state index contributed by atoms with van der Waals surface area (Å²) in [6.45, 7) is 4.75. The number of rotatable bonds is 5. The zero-order chi connectivity index (χ0) is 9.45. The second-order valence-corrected chi connectivity index (χ2v) is 5.75. The highest BCUT2D eigenvalue weighted by Crippen LogP contribution is 2.47. The van der Waals surface area contributed by atoms with Crippen LogP contribution in [0.3, 0.4) is 0 Å². The SMILES string of the molecule is CC#CCP(=S)(OCC)OCC. The molecule has 12 heavy (non-hydrogen) atoms. The second kappa shape index (κ2) is 6.62. The summed E-state index contributed by atoms with van der Waals surface area (Å²) in [7, 11) is 0. The average Bonchev–Trinajstić information content (AvgIpc) is 2.02. The third-order valence-corrected chi connectivity index (χ3v) is 3.97. The zero-order valence-electron chi connectivity index (χ0n) is 7.79. The minimum atomic E-state index is -2.08. The van der Waals surface area contributed by atoms with Gasteiger partial charge in [-0.05, 0) is 32.6 Å². The molecule has 0 spiro atoms. The molecule has 0 aliphatic carbocycles. The summed E-state index contributed by atoms with van der Waals surface area (Å²) in [5.74, 6) is 5.69. The van der Waals surface area contributed by atoms with E-state index in [1.807, 2.05) is 13.8 Å². The monoisotopic (exact) mass is 206 g/mol. The lowest BCUT2D eigenvalue weighted by atomic mass is 10.7. The molecule has 0 saturated carbocycles. The molecule has 0 aliphatic heterocycles. The predicted molar refractivity (Wildman–Crippen MR) is 55.9 cm³/mol. The molecule has 4 heteroatoms. The Morgan fingerprint density at radius 1 is 1.25 bits per heavy atom. The highest BCUT2D eigenvalue weighted by atomic mass is 32.5. The van der Waals surface area contributed by atoms with Gasteiger partial charge in [0, 0.05) is 0 Å². The van der Waals surface area contributed by atoms with Crippen LogP contribution in [0.2, 0.25) is 0 Å². The van der Waals surface area contributed by atoms with Gasteiger partial charge in [-0.25, -0.2) is 0 Å². The summed E-state index contributed by atoms with van der Waals surface area (Å²) in [5.41, 5.74) is 0. The van der Waals surface area contributed by atoms with E-state index < -0.39 is 6.49 Å². The molecule has 0 heterocycles. The largest absolute Gasteiger partial charge is 0.329 e. The Kier molecular flexibility index (Phi) is 6.70. The van der Waals surface area contributed by atoms with Gasteiger partial charge in [0.05, 0.1) is 19.4 Å². The van der Waals surface area contributed by atoms with Gasteiger partial charge in [-0.2, -0.15) is 0 Å². The van der Waals surface area contributed by atoms with Crippen molar-refractivity contribution in [1.82, 2.24) is 0 Å². The maximum Gasteiger partial charge on any atom is 0.200 e. The molecule has 0 rings (SSSR count). The quantitative estimate of drug-likeness (QED) is 0.508. The summed E-state index contributed by atoms with van der Waals surface area (Å²) < 4.78 is 10.7. The lowest BCUT2D eigenvalue weighted by Crippen LogP contribution is -1.98. The minimum absolute atomic E-state index is 0.556. The standard InChI is InChI=1S/C8H15O2PS/c1-4-7-8-11(12,9-5-2)10-6-3/h5-6,8H2,1-3H3.